The Bertz CT molecular complexity index is 941. The molecule has 1 aliphatic rings. The summed E-state index contributed by atoms with van der Waals surface area (Å²) < 4.78 is 5.43. The monoisotopic (exact) mass is 376 g/mol. The number of hydrogen-bond donors (Lipinski definition) is 0. The third kappa shape index (κ3) is 3.52. The molecule has 1 heterocycles. The quantitative estimate of drug-likeness (QED) is 0.570. The Morgan fingerprint density at radius 1 is 1.11 bits per heavy atom. The molecule has 28 heavy (non-hydrogen) atoms. The maximum atomic E-state index is 12.9. The largest absolute Gasteiger partial charge is 0.459 e. The number of ether oxygens (including phenoxy) is 1. The van der Waals surface area contributed by atoms with Crippen molar-refractivity contribution in [3.63, 3.8) is 0 Å². The van der Waals surface area contributed by atoms with Gasteiger partial charge in [0.2, 0.25) is 0 Å². The number of rotatable bonds is 6. The van der Waals surface area contributed by atoms with E-state index in [2.05, 4.69) is 0 Å². The molecule has 0 fully saturated rings. The number of imide groups is 1. The van der Waals surface area contributed by atoms with Crippen molar-refractivity contribution in [1.29, 1.82) is 5.26 Å². The number of nitriles is 1. The summed E-state index contributed by atoms with van der Waals surface area (Å²) in [5, 5.41) is 8.98. The Balaban J connectivity index is 1.83. The molecule has 0 aromatic heterocycles. The van der Waals surface area contributed by atoms with E-state index in [4.69, 9.17) is 10.00 Å². The van der Waals surface area contributed by atoms with Gasteiger partial charge in [-0.05, 0) is 35.7 Å². The van der Waals surface area contributed by atoms with Gasteiger partial charge in [-0.3, -0.25) is 14.5 Å². The van der Waals surface area contributed by atoms with Crippen molar-refractivity contribution in [3.05, 3.63) is 70.8 Å². The number of esters is 1. The Hall–Kier alpha value is -3.46. The van der Waals surface area contributed by atoms with Gasteiger partial charge in [-0.25, -0.2) is 4.79 Å². The summed E-state index contributed by atoms with van der Waals surface area (Å²) in [5.41, 5.74) is 1.73. The lowest BCUT2D eigenvalue weighted by atomic mass is 9.97. The Morgan fingerprint density at radius 3 is 2.32 bits per heavy atom. The van der Waals surface area contributed by atoms with Crippen LogP contribution in [0.25, 0.3) is 0 Å². The first-order valence-corrected chi connectivity index (χ1v) is 9.10. The van der Waals surface area contributed by atoms with Gasteiger partial charge in [-0.15, -0.1) is 0 Å². The third-order valence-electron chi connectivity index (χ3n) is 4.97. The van der Waals surface area contributed by atoms with Crippen molar-refractivity contribution < 1.29 is 19.1 Å². The zero-order valence-corrected chi connectivity index (χ0v) is 15.7. The lowest BCUT2D eigenvalue weighted by Crippen LogP contribution is -2.49. The molecule has 0 saturated heterocycles. The maximum absolute atomic E-state index is 12.9. The van der Waals surface area contributed by atoms with Gasteiger partial charge in [0.1, 0.15) is 12.6 Å². The maximum Gasteiger partial charge on any atom is 0.329 e. The van der Waals surface area contributed by atoms with Gasteiger partial charge < -0.3 is 4.74 Å². The Morgan fingerprint density at radius 2 is 1.75 bits per heavy atom. The third-order valence-corrected chi connectivity index (χ3v) is 4.97. The molecule has 0 unspecified atom stereocenters. The fourth-order valence-corrected chi connectivity index (χ4v) is 3.25. The molecule has 6 nitrogen and oxygen atoms in total. The van der Waals surface area contributed by atoms with E-state index in [1.54, 1.807) is 48.5 Å². The van der Waals surface area contributed by atoms with E-state index in [0.29, 0.717) is 28.7 Å². The summed E-state index contributed by atoms with van der Waals surface area (Å²) in [6.45, 7) is 3.66. The molecule has 2 aromatic carbocycles. The minimum Gasteiger partial charge on any atom is -0.459 e. The molecule has 2 aromatic rings. The second-order valence-electron chi connectivity index (χ2n) is 6.78. The van der Waals surface area contributed by atoms with Crippen LogP contribution in [0.1, 0.15) is 52.1 Å². The number of nitrogens with zero attached hydrogens (tertiary/aromatic N) is 2. The fraction of sp³-hybridized carbons (Fsp3) is 0.273. The minimum atomic E-state index is -1.00. The van der Waals surface area contributed by atoms with Crippen molar-refractivity contribution in [2.75, 3.05) is 0 Å². The van der Waals surface area contributed by atoms with Crippen molar-refractivity contribution in [2.45, 2.75) is 32.9 Å². The van der Waals surface area contributed by atoms with Crippen LogP contribution in [0.3, 0.4) is 0 Å². The highest BCUT2D eigenvalue weighted by atomic mass is 16.5. The Kier molecular flexibility index (Phi) is 5.55. The predicted molar refractivity (Wildman–Crippen MR) is 101 cm³/mol. The smallest absolute Gasteiger partial charge is 0.329 e. The van der Waals surface area contributed by atoms with E-state index in [0.717, 1.165) is 4.90 Å². The van der Waals surface area contributed by atoms with E-state index in [-0.39, 0.29) is 12.5 Å². The van der Waals surface area contributed by atoms with Crippen LogP contribution in [-0.4, -0.2) is 28.7 Å². The van der Waals surface area contributed by atoms with Crippen LogP contribution in [0.15, 0.2) is 48.5 Å². The van der Waals surface area contributed by atoms with Crippen molar-refractivity contribution in [3.8, 4) is 6.07 Å². The summed E-state index contributed by atoms with van der Waals surface area (Å²) >= 11 is 0. The van der Waals surface area contributed by atoms with E-state index >= 15 is 0 Å². The van der Waals surface area contributed by atoms with Crippen LogP contribution in [0, 0.1) is 17.2 Å². The molecule has 0 spiro atoms. The number of benzene rings is 2. The van der Waals surface area contributed by atoms with Gasteiger partial charge in [-0.2, -0.15) is 5.26 Å². The lowest BCUT2D eigenvalue weighted by molar-refractivity contribution is -0.151. The molecule has 3 rings (SSSR count). The molecule has 0 saturated carbocycles. The second-order valence-corrected chi connectivity index (χ2v) is 6.78. The molecule has 2 amide bonds. The molecule has 2 atom stereocenters. The van der Waals surface area contributed by atoms with E-state index in [1.165, 1.54) is 0 Å². The average molecular weight is 376 g/mol. The molecular weight excluding hydrogens is 356 g/mol. The zero-order chi connectivity index (χ0) is 20.3. The number of carbonyl (C=O) groups is 3. The molecule has 142 valence electrons. The highest BCUT2D eigenvalue weighted by molar-refractivity contribution is 6.22. The molecule has 0 bridgehead atoms. The second kappa shape index (κ2) is 8.05. The first-order valence-electron chi connectivity index (χ1n) is 9.10. The normalized spacial score (nSPS) is 15.0. The van der Waals surface area contributed by atoms with Crippen LogP contribution < -0.4 is 0 Å². The van der Waals surface area contributed by atoms with Gasteiger partial charge >= 0.3 is 5.97 Å². The van der Waals surface area contributed by atoms with Gasteiger partial charge in [0.05, 0.1) is 22.8 Å². The first-order chi connectivity index (χ1) is 13.5. The topological polar surface area (TPSA) is 87.5 Å². The van der Waals surface area contributed by atoms with E-state index < -0.39 is 23.8 Å². The van der Waals surface area contributed by atoms with E-state index in [9.17, 15) is 14.4 Å². The summed E-state index contributed by atoms with van der Waals surface area (Å²) in [6, 6.07) is 14.3. The summed E-state index contributed by atoms with van der Waals surface area (Å²) in [7, 11) is 0. The standard InChI is InChI=1S/C22H20N2O4/c1-3-14(2)19(22(27)28-13-16-8-6-7-15(11-16)12-23)24-20(25)17-9-4-5-10-18(17)21(24)26/h4-11,14,19H,3,13H2,1-2H3/t14-,19-/m0/s1. The van der Waals surface area contributed by atoms with Crippen molar-refractivity contribution in [1.82, 2.24) is 4.90 Å². The average Bonchev–Trinajstić information content (AvgIpc) is 2.98. The summed E-state index contributed by atoms with van der Waals surface area (Å²) in [4.78, 5) is 39.5. The highest BCUT2D eigenvalue weighted by Crippen LogP contribution is 2.28. The SMILES string of the molecule is CC[C@H](C)[C@@H](C(=O)OCc1cccc(C#N)c1)N1C(=O)c2ccccc2C1=O. The molecule has 0 aliphatic carbocycles. The molecule has 1 aliphatic heterocycles. The van der Waals surface area contributed by atoms with Gasteiger partial charge in [0, 0.05) is 0 Å². The number of fused-ring (bicyclic) bond motifs is 1. The molecule has 0 N–H and O–H groups in total. The highest BCUT2D eigenvalue weighted by Gasteiger charge is 2.45. The van der Waals surface area contributed by atoms with Crippen LogP contribution in [0.2, 0.25) is 0 Å². The fourth-order valence-electron chi connectivity index (χ4n) is 3.25. The predicted octanol–water partition coefficient (Wildman–Crippen LogP) is 3.31. The number of hydrogen-bond acceptors (Lipinski definition) is 5. The number of carbonyl (C=O) groups excluding carboxylic acids is 3. The van der Waals surface area contributed by atoms with Crippen LogP contribution in [-0.2, 0) is 16.1 Å². The van der Waals surface area contributed by atoms with Crippen molar-refractivity contribution in [2.24, 2.45) is 5.92 Å². The Labute approximate surface area is 163 Å². The molecular formula is C22H20N2O4. The number of amides is 2. The first kappa shape index (κ1) is 19.3. The lowest BCUT2D eigenvalue weighted by Gasteiger charge is -2.29. The van der Waals surface area contributed by atoms with E-state index in [1.807, 2.05) is 19.9 Å². The van der Waals surface area contributed by atoms with Gasteiger partial charge in [0.15, 0.2) is 0 Å². The van der Waals surface area contributed by atoms with Gasteiger partial charge in [-0.1, -0.05) is 44.5 Å². The van der Waals surface area contributed by atoms with Crippen LogP contribution >= 0.6 is 0 Å². The minimum absolute atomic E-state index is 0.0372. The molecule has 0 radical (unpaired) electrons. The van der Waals surface area contributed by atoms with Gasteiger partial charge in [0.25, 0.3) is 11.8 Å². The van der Waals surface area contributed by atoms with Crippen LogP contribution in [0.5, 0.6) is 0 Å². The molecule has 6 heteroatoms. The van der Waals surface area contributed by atoms with Crippen molar-refractivity contribution >= 4 is 17.8 Å². The summed E-state index contributed by atoms with van der Waals surface area (Å²) in [5.74, 6) is -1.85. The summed E-state index contributed by atoms with van der Waals surface area (Å²) in [6.07, 6.45) is 0.594. The zero-order valence-electron chi connectivity index (χ0n) is 15.7. The van der Waals surface area contributed by atoms with Crippen LogP contribution in [0.4, 0.5) is 0 Å².